The first-order valence-electron chi connectivity index (χ1n) is 11.1. The van der Waals surface area contributed by atoms with Crippen molar-refractivity contribution in [2.45, 2.75) is 31.5 Å². The van der Waals surface area contributed by atoms with Crippen LogP contribution in [0.2, 0.25) is 0 Å². The quantitative estimate of drug-likeness (QED) is 0.531. The summed E-state index contributed by atoms with van der Waals surface area (Å²) in [7, 11) is 1.66. The van der Waals surface area contributed by atoms with Gasteiger partial charge in [0.1, 0.15) is 30.6 Å². The highest BCUT2D eigenvalue weighted by atomic mass is 16.5. The van der Waals surface area contributed by atoms with Gasteiger partial charge >= 0.3 is 0 Å². The Kier molecular flexibility index (Phi) is 7.30. The molecule has 1 heterocycles. The molecule has 1 aliphatic rings. The number of ether oxygens (including phenoxy) is 3. The van der Waals surface area contributed by atoms with Crippen molar-refractivity contribution in [3.63, 3.8) is 0 Å². The molecule has 0 radical (unpaired) electrons. The van der Waals surface area contributed by atoms with Crippen LogP contribution >= 0.6 is 0 Å². The van der Waals surface area contributed by atoms with Gasteiger partial charge in [0.2, 0.25) is 0 Å². The fourth-order valence-electron chi connectivity index (χ4n) is 3.94. The van der Waals surface area contributed by atoms with E-state index in [1.807, 2.05) is 78.9 Å². The average molecular weight is 434 g/mol. The normalized spacial score (nSPS) is 15.8. The van der Waals surface area contributed by atoms with Gasteiger partial charge in [0, 0.05) is 19.5 Å². The van der Waals surface area contributed by atoms with Gasteiger partial charge in [0.05, 0.1) is 12.7 Å². The minimum absolute atomic E-state index is 0.517. The van der Waals surface area contributed by atoms with Crippen molar-refractivity contribution in [2.75, 3.05) is 26.9 Å². The maximum Gasteiger partial charge on any atom is 0.142 e. The van der Waals surface area contributed by atoms with Gasteiger partial charge in [-0.05, 0) is 60.4 Å². The number of likely N-dealkylation sites (tertiary alicyclic amines) is 1. The van der Waals surface area contributed by atoms with Gasteiger partial charge in [-0.2, -0.15) is 0 Å². The summed E-state index contributed by atoms with van der Waals surface area (Å²) >= 11 is 0. The molecule has 0 spiro atoms. The van der Waals surface area contributed by atoms with E-state index in [2.05, 4.69) is 4.90 Å². The molecule has 5 heteroatoms. The lowest BCUT2D eigenvalue weighted by molar-refractivity contribution is -0.0355. The van der Waals surface area contributed by atoms with Gasteiger partial charge in [-0.15, -0.1) is 0 Å². The summed E-state index contributed by atoms with van der Waals surface area (Å²) in [6.07, 6.45) is 2.12. The number of aliphatic hydroxyl groups is 1. The Hall–Kier alpha value is -3.02. The first-order valence-corrected chi connectivity index (χ1v) is 11.1. The van der Waals surface area contributed by atoms with Crippen molar-refractivity contribution in [2.24, 2.45) is 0 Å². The van der Waals surface area contributed by atoms with Crippen LogP contribution in [-0.2, 0) is 13.0 Å². The molecule has 32 heavy (non-hydrogen) atoms. The highest BCUT2D eigenvalue weighted by Crippen LogP contribution is 2.27. The van der Waals surface area contributed by atoms with Crippen LogP contribution in [0, 0.1) is 0 Å². The minimum atomic E-state index is -0.664. The smallest absolute Gasteiger partial charge is 0.142 e. The van der Waals surface area contributed by atoms with Crippen LogP contribution in [0.15, 0.2) is 78.9 Å². The number of nitrogens with zero attached hydrogens (tertiary/aromatic N) is 1. The molecule has 3 aromatic carbocycles. The zero-order valence-corrected chi connectivity index (χ0v) is 18.6. The molecular weight excluding hydrogens is 402 g/mol. The number of rotatable bonds is 9. The van der Waals surface area contributed by atoms with Crippen molar-refractivity contribution in [1.29, 1.82) is 0 Å². The molecule has 168 valence electrons. The lowest BCUT2D eigenvalue weighted by Crippen LogP contribution is -2.46. The van der Waals surface area contributed by atoms with Gasteiger partial charge in [0.15, 0.2) is 0 Å². The number of hydrogen-bond donors (Lipinski definition) is 1. The molecule has 1 fully saturated rings. The fraction of sp³-hybridized carbons (Fsp3) is 0.333. The molecule has 0 atom stereocenters. The summed E-state index contributed by atoms with van der Waals surface area (Å²) in [6.45, 7) is 2.69. The van der Waals surface area contributed by atoms with Crippen LogP contribution < -0.4 is 14.2 Å². The summed E-state index contributed by atoms with van der Waals surface area (Å²) in [6, 6.07) is 25.8. The lowest BCUT2D eigenvalue weighted by Gasteiger charge is -2.38. The van der Waals surface area contributed by atoms with Crippen LogP contribution in [0.4, 0.5) is 0 Å². The SMILES string of the molecule is COc1ccc(CC2(O)CCN(COc3ccc(OCc4ccccc4)cc3)CC2)cc1. The zero-order chi connectivity index (χ0) is 22.2. The van der Waals surface area contributed by atoms with E-state index >= 15 is 0 Å². The second-order valence-corrected chi connectivity index (χ2v) is 8.39. The Morgan fingerprint density at radius 2 is 1.34 bits per heavy atom. The van der Waals surface area contributed by atoms with Crippen LogP contribution in [0.3, 0.4) is 0 Å². The number of methoxy groups -OCH3 is 1. The van der Waals surface area contributed by atoms with E-state index in [4.69, 9.17) is 14.2 Å². The third-order valence-electron chi connectivity index (χ3n) is 5.96. The Morgan fingerprint density at radius 3 is 1.97 bits per heavy atom. The molecule has 4 rings (SSSR count). The van der Waals surface area contributed by atoms with E-state index < -0.39 is 5.60 Å². The summed E-state index contributed by atoms with van der Waals surface area (Å²) < 4.78 is 17.0. The second kappa shape index (κ2) is 10.5. The third-order valence-corrected chi connectivity index (χ3v) is 5.96. The highest BCUT2D eigenvalue weighted by Gasteiger charge is 2.32. The van der Waals surface area contributed by atoms with Crippen LogP contribution in [0.25, 0.3) is 0 Å². The third kappa shape index (κ3) is 6.25. The van der Waals surface area contributed by atoms with Gasteiger partial charge in [0.25, 0.3) is 0 Å². The summed E-state index contributed by atoms with van der Waals surface area (Å²) in [5, 5.41) is 11.0. The van der Waals surface area contributed by atoms with E-state index in [9.17, 15) is 5.11 Å². The van der Waals surface area contributed by atoms with E-state index in [0.29, 0.717) is 19.8 Å². The Balaban J connectivity index is 1.19. The highest BCUT2D eigenvalue weighted by molar-refractivity contribution is 5.31. The predicted molar refractivity (Wildman–Crippen MR) is 125 cm³/mol. The summed E-state index contributed by atoms with van der Waals surface area (Å²) in [5.41, 5.74) is 1.61. The summed E-state index contributed by atoms with van der Waals surface area (Å²) in [4.78, 5) is 2.24. The van der Waals surface area contributed by atoms with Crippen molar-refractivity contribution in [1.82, 2.24) is 4.90 Å². The Labute approximate surface area is 190 Å². The Bertz CT molecular complexity index is 949. The van der Waals surface area contributed by atoms with Crippen molar-refractivity contribution in [3.8, 4) is 17.2 Å². The second-order valence-electron chi connectivity index (χ2n) is 8.39. The van der Waals surface area contributed by atoms with E-state index in [1.165, 1.54) is 0 Å². The van der Waals surface area contributed by atoms with Crippen LogP contribution in [0.5, 0.6) is 17.2 Å². The predicted octanol–water partition coefficient (Wildman–Crippen LogP) is 4.68. The molecule has 5 nitrogen and oxygen atoms in total. The molecule has 3 aromatic rings. The van der Waals surface area contributed by atoms with Crippen molar-refractivity contribution in [3.05, 3.63) is 90.0 Å². The average Bonchev–Trinajstić information content (AvgIpc) is 2.84. The van der Waals surface area contributed by atoms with Crippen molar-refractivity contribution < 1.29 is 19.3 Å². The lowest BCUT2D eigenvalue weighted by atomic mass is 9.85. The Morgan fingerprint density at radius 1 is 0.750 bits per heavy atom. The minimum Gasteiger partial charge on any atom is -0.497 e. The van der Waals surface area contributed by atoms with Gasteiger partial charge in [-0.3, -0.25) is 4.90 Å². The van der Waals surface area contributed by atoms with Crippen LogP contribution in [-0.4, -0.2) is 42.5 Å². The topological polar surface area (TPSA) is 51.2 Å². The van der Waals surface area contributed by atoms with Gasteiger partial charge in [-0.25, -0.2) is 0 Å². The van der Waals surface area contributed by atoms with Gasteiger partial charge < -0.3 is 19.3 Å². The molecule has 0 amide bonds. The molecule has 1 N–H and O–H groups in total. The first kappa shape index (κ1) is 22.2. The van der Waals surface area contributed by atoms with E-state index in [-0.39, 0.29) is 0 Å². The fourth-order valence-corrected chi connectivity index (χ4v) is 3.94. The maximum atomic E-state index is 11.0. The summed E-state index contributed by atoms with van der Waals surface area (Å²) in [5.74, 6) is 2.47. The van der Waals surface area contributed by atoms with Gasteiger partial charge in [-0.1, -0.05) is 42.5 Å². The van der Waals surface area contributed by atoms with E-state index in [1.54, 1.807) is 7.11 Å². The maximum absolute atomic E-state index is 11.0. The van der Waals surface area contributed by atoms with Crippen LogP contribution in [0.1, 0.15) is 24.0 Å². The molecule has 0 saturated carbocycles. The zero-order valence-electron chi connectivity index (χ0n) is 18.6. The van der Waals surface area contributed by atoms with Crippen molar-refractivity contribution >= 4 is 0 Å². The molecule has 0 unspecified atom stereocenters. The molecule has 0 aromatic heterocycles. The molecule has 0 aliphatic carbocycles. The molecule has 0 bridgehead atoms. The standard InChI is InChI=1S/C27H31NO4/c1-30-24-9-7-22(8-10-24)19-27(29)15-17-28(18-16-27)21-32-26-13-11-25(12-14-26)31-20-23-5-3-2-4-6-23/h2-14,29H,15-21H2,1H3. The molecule has 1 aliphatic heterocycles. The van der Waals surface area contributed by atoms with E-state index in [0.717, 1.165) is 54.3 Å². The molecule has 1 saturated heterocycles. The first-order chi connectivity index (χ1) is 15.6. The number of piperidine rings is 1. The number of benzene rings is 3. The number of hydrogen-bond acceptors (Lipinski definition) is 5. The molecular formula is C27H31NO4. The monoisotopic (exact) mass is 433 g/mol. The largest absolute Gasteiger partial charge is 0.497 e.